The smallest absolute Gasteiger partial charge is 0.126 e. The van der Waals surface area contributed by atoms with E-state index in [1.165, 1.54) is 6.07 Å². The van der Waals surface area contributed by atoms with Gasteiger partial charge < -0.3 is 0 Å². The number of halogens is 3. The number of nitrogens with one attached hydrogen (secondary N) is 1. The number of benzene rings is 2. The lowest BCUT2D eigenvalue weighted by Crippen LogP contribution is -2.30. The first-order valence-electron chi connectivity index (χ1n) is 5.76. The van der Waals surface area contributed by atoms with Gasteiger partial charge in [-0.05, 0) is 35.7 Å². The average molecular weight is 344 g/mol. The molecule has 1 unspecified atom stereocenters. The van der Waals surface area contributed by atoms with Gasteiger partial charge in [0.15, 0.2) is 0 Å². The Labute approximate surface area is 124 Å². The van der Waals surface area contributed by atoms with Crippen molar-refractivity contribution in [2.24, 2.45) is 5.84 Å². The van der Waals surface area contributed by atoms with Crippen LogP contribution in [-0.4, -0.2) is 0 Å². The molecule has 0 aliphatic rings. The molecule has 5 heteroatoms. The lowest BCUT2D eigenvalue weighted by Gasteiger charge is -2.18. The van der Waals surface area contributed by atoms with Gasteiger partial charge in [0, 0.05) is 9.50 Å². The van der Waals surface area contributed by atoms with E-state index in [2.05, 4.69) is 21.4 Å². The zero-order chi connectivity index (χ0) is 13.8. The van der Waals surface area contributed by atoms with Gasteiger partial charge in [0.05, 0.1) is 6.04 Å². The van der Waals surface area contributed by atoms with Crippen molar-refractivity contribution in [1.29, 1.82) is 0 Å². The molecule has 2 aromatic rings. The Bertz CT molecular complexity index is 577. The van der Waals surface area contributed by atoms with Crippen molar-refractivity contribution in [1.82, 2.24) is 5.43 Å². The van der Waals surface area contributed by atoms with Crippen LogP contribution in [0, 0.1) is 5.82 Å². The van der Waals surface area contributed by atoms with E-state index in [1.54, 1.807) is 24.3 Å². The molecule has 0 bridgehead atoms. The molecule has 2 nitrogen and oxygen atoms in total. The number of hydrogen-bond acceptors (Lipinski definition) is 2. The van der Waals surface area contributed by atoms with Crippen LogP contribution in [0.15, 0.2) is 46.9 Å². The van der Waals surface area contributed by atoms with Gasteiger partial charge in [0.2, 0.25) is 0 Å². The van der Waals surface area contributed by atoms with Crippen LogP contribution in [0.3, 0.4) is 0 Å². The largest absolute Gasteiger partial charge is 0.271 e. The first-order chi connectivity index (χ1) is 9.11. The standard InChI is InChI=1S/C14H13BrClFN2/c15-12-8-10(16)5-6-11(12)14(19-18)7-9-3-1-2-4-13(9)17/h1-6,8,14,19H,7,18H2. The molecule has 0 fully saturated rings. The second-order valence-corrected chi connectivity index (χ2v) is 5.47. The minimum absolute atomic E-state index is 0.191. The summed E-state index contributed by atoms with van der Waals surface area (Å²) < 4.78 is 14.5. The van der Waals surface area contributed by atoms with E-state index in [0.717, 1.165) is 10.0 Å². The minimum atomic E-state index is -0.229. The molecule has 0 radical (unpaired) electrons. The Balaban J connectivity index is 2.28. The quantitative estimate of drug-likeness (QED) is 0.651. The normalized spacial score (nSPS) is 12.4. The molecule has 0 saturated carbocycles. The van der Waals surface area contributed by atoms with Gasteiger partial charge >= 0.3 is 0 Å². The van der Waals surface area contributed by atoms with Crippen molar-refractivity contribution < 1.29 is 4.39 Å². The van der Waals surface area contributed by atoms with Crippen molar-refractivity contribution in [3.63, 3.8) is 0 Å². The first-order valence-corrected chi connectivity index (χ1v) is 6.93. The van der Waals surface area contributed by atoms with Crippen molar-refractivity contribution in [3.8, 4) is 0 Å². The van der Waals surface area contributed by atoms with Crippen molar-refractivity contribution in [2.45, 2.75) is 12.5 Å². The summed E-state index contributed by atoms with van der Waals surface area (Å²) in [7, 11) is 0. The fourth-order valence-corrected chi connectivity index (χ4v) is 2.89. The Morgan fingerprint density at radius 2 is 2.00 bits per heavy atom. The van der Waals surface area contributed by atoms with Gasteiger partial charge in [-0.2, -0.15) is 0 Å². The molecular weight excluding hydrogens is 331 g/mol. The highest BCUT2D eigenvalue weighted by molar-refractivity contribution is 9.10. The number of nitrogens with two attached hydrogens (primary N) is 1. The monoisotopic (exact) mass is 342 g/mol. The van der Waals surface area contributed by atoms with E-state index in [4.69, 9.17) is 17.4 Å². The summed E-state index contributed by atoms with van der Waals surface area (Å²) in [5.41, 5.74) is 4.27. The second-order valence-electron chi connectivity index (χ2n) is 4.18. The highest BCUT2D eigenvalue weighted by atomic mass is 79.9. The molecule has 0 aromatic heterocycles. The molecule has 19 heavy (non-hydrogen) atoms. The molecule has 2 aromatic carbocycles. The summed E-state index contributed by atoms with van der Waals surface area (Å²) in [6, 6.07) is 11.9. The Morgan fingerprint density at radius 1 is 1.26 bits per heavy atom. The maximum Gasteiger partial charge on any atom is 0.126 e. The van der Waals surface area contributed by atoms with Crippen LogP contribution in [0.1, 0.15) is 17.2 Å². The van der Waals surface area contributed by atoms with Crippen LogP contribution < -0.4 is 11.3 Å². The molecule has 1 atom stereocenters. The van der Waals surface area contributed by atoms with Crippen molar-refractivity contribution >= 4 is 27.5 Å². The maximum absolute atomic E-state index is 13.7. The van der Waals surface area contributed by atoms with Gasteiger partial charge in [0.25, 0.3) is 0 Å². The molecular formula is C14H13BrClFN2. The van der Waals surface area contributed by atoms with Gasteiger partial charge in [-0.1, -0.05) is 51.8 Å². The lowest BCUT2D eigenvalue weighted by atomic mass is 9.99. The van der Waals surface area contributed by atoms with Crippen LogP contribution in [0.25, 0.3) is 0 Å². The van der Waals surface area contributed by atoms with E-state index in [0.29, 0.717) is 17.0 Å². The molecule has 0 aliphatic carbocycles. The van der Waals surface area contributed by atoms with Crippen molar-refractivity contribution in [3.05, 3.63) is 68.9 Å². The Hall–Kier alpha value is -0.940. The predicted octanol–water partition coefficient (Wildman–Crippen LogP) is 3.99. The van der Waals surface area contributed by atoms with E-state index in [1.807, 2.05) is 12.1 Å². The Morgan fingerprint density at radius 3 is 2.63 bits per heavy atom. The zero-order valence-electron chi connectivity index (χ0n) is 10.0. The van der Waals surface area contributed by atoms with E-state index in [9.17, 15) is 4.39 Å². The van der Waals surface area contributed by atoms with Crippen LogP contribution in [0.2, 0.25) is 5.02 Å². The summed E-state index contributed by atoms with van der Waals surface area (Å²) in [4.78, 5) is 0. The van der Waals surface area contributed by atoms with Crippen LogP contribution in [0.5, 0.6) is 0 Å². The van der Waals surface area contributed by atoms with Gasteiger partial charge in [-0.25, -0.2) is 4.39 Å². The third-order valence-corrected chi connectivity index (χ3v) is 3.84. The first kappa shape index (κ1) is 14.5. The van der Waals surface area contributed by atoms with Crippen LogP contribution in [0.4, 0.5) is 4.39 Å². The second kappa shape index (κ2) is 6.48. The molecule has 2 rings (SSSR count). The topological polar surface area (TPSA) is 38.0 Å². The maximum atomic E-state index is 13.7. The average Bonchev–Trinajstić information content (AvgIpc) is 2.39. The van der Waals surface area contributed by atoms with E-state index >= 15 is 0 Å². The van der Waals surface area contributed by atoms with Crippen LogP contribution >= 0.6 is 27.5 Å². The van der Waals surface area contributed by atoms with E-state index in [-0.39, 0.29) is 11.9 Å². The predicted molar refractivity (Wildman–Crippen MR) is 79.3 cm³/mol. The molecule has 0 spiro atoms. The third kappa shape index (κ3) is 3.54. The fourth-order valence-electron chi connectivity index (χ4n) is 1.93. The Kier molecular flexibility index (Phi) is 4.93. The molecule has 0 heterocycles. The van der Waals surface area contributed by atoms with E-state index < -0.39 is 0 Å². The molecule has 0 aliphatic heterocycles. The molecule has 0 amide bonds. The molecule has 0 saturated heterocycles. The third-order valence-electron chi connectivity index (χ3n) is 2.92. The van der Waals surface area contributed by atoms with Crippen molar-refractivity contribution in [2.75, 3.05) is 0 Å². The van der Waals surface area contributed by atoms with Gasteiger partial charge in [-0.3, -0.25) is 11.3 Å². The fraction of sp³-hybridized carbons (Fsp3) is 0.143. The molecule has 3 N–H and O–H groups in total. The zero-order valence-corrected chi connectivity index (χ0v) is 12.4. The minimum Gasteiger partial charge on any atom is -0.271 e. The summed E-state index contributed by atoms with van der Waals surface area (Å²) in [5, 5.41) is 0.636. The summed E-state index contributed by atoms with van der Waals surface area (Å²) in [6.07, 6.45) is 0.462. The number of hydrogen-bond donors (Lipinski definition) is 2. The highest BCUT2D eigenvalue weighted by Gasteiger charge is 2.15. The number of hydrazine groups is 1. The van der Waals surface area contributed by atoms with Crippen LogP contribution in [-0.2, 0) is 6.42 Å². The van der Waals surface area contributed by atoms with Gasteiger partial charge in [0.1, 0.15) is 5.82 Å². The SMILES string of the molecule is NNC(Cc1ccccc1F)c1ccc(Cl)cc1Br. The summed E-state index contributed by atoms with van der Waals surface area (Å²) >= 11 is 9.36. The highest BCUT2D eigenvalue weighted by Crippen LogP contribution is 2.28. The lowest BCUT2D eigenvalue weighted by molar-refractivity contribution is 0.527. The van der Waals surface area contributed by atoms with Gasteiger partial charge in [-0.15, -0.1) is 0 Å². The molecule has 100 valence electrons. The number of rotatable bonds is 4. The summed E-state index contributed by atoms with van der Waals surface area (Å²) in [6.45, 7) is 0. The summed E-state index contributed by atoms with van der Waals surface area (Å²) in [5.74, 6) is 5.35.